The number of phenols is 1. The van der Waals surface area contributed by atoms with Gasteiger partial charge in [0.15, 0.2) is 0 Å². The zero-order valence-corrected chi connectivity index (χ0v) is 16.6. The monoisotopic (exact) mass is 393 g/mol. The van der Waals surface area contributed by atoms with Gasteiger partial charge in [-0.1, -0.05) is 31.0 Å². The Labute approximate surface area is 170 Å². The number of rotatable bonds is 4. The van der Waals surface area contributed by atoms with Gasteiger partial charge in [-0.3, -0.25) is 15.0 Å². The van der Waals surface area contributed by atoms with Gasteiger partial charge in [0.2, 0.25) is 5.91 Å². The van der Waals surface area contributed by atoms with E-state index in [1.165, 1.54) is 6.42 Å². The van der Waals surface area contributed by atoms with Crippen LogP contribution in [0.15, 0.2) is 42.5 Å². The van der Waals surface area contributed by atoms with Gasteiger partial charge in [0.1, 0.15) is 5.75 Å². The van der Waals surface area contributed by atoms with Gasteiger partial charge in [-0.15, -0.1) is 0 Å². The fourth-order valence-electron chi connectivity index (χ4n) is 4.58. The molecule has 0 bridgehead atoms. The molecule has 29 heavy (non-hydrogen) atoms. The number of hydrogen-bond donors (Lipinski definition) is 4. The molecule has 0 spiro atoms. The third-order valence-electron chi connectivity index (χ3n) is 6.25. The summed E-state index contributed by atoms with van der Waals surface area (Å²) in [7, 11) is 0. The number of nitrogens with one attached hydrogen (secondary N) is 3. The SMILES string of the molecule is Cc1c(O)cccc1NC(=O)c1cccc(CC2NNC(=O)C3CCCCC23)c1. The Morgan fingerprint density at radius 1 is 1.17 bits per heavy atom. The highest BCUT2D eigenvalue weighted by atomic mass is 16.3. The van der Waals surface area contributed by atoms with E-state index >= 15 is 0 Å². The van der Waals surface area contributed by atoms with E-state index in [2.05, 4.69) is 16.2 Å². The van der Waals surface area contributed by atoms with E-state index < -0.39 is 0 Å². The van der Waals surface area contributed by atoms with Crippen molar-refractivity contribution in [2.24, 2.45) is 11.8 Å². The second-order valence-electron chi connectivity index (χ2n) is 8.10. The molecule has 3 atom stereocenters. The lowest BCUT2D eigenvalue weighted by Crippen LogP contribution is -2.60. The molecular weight excluding hydrogens is 366 g/mol. The third kappa shape index (κ3) is 4.12. The molecule has 3 unspecified atom stereocenters. The molecule has 6 heteroatoms. The van der Waals surface area contributed by atoms with Crippen LogP contribution in [-0.4, -0.2) is 23.0 Å². The quantitative estimate of drug-likeness (QED) is 0.642. The van der Waals surface area contributed by atoms with Gasteiger partial charge in [-0.2, -0.15) is 0 Å². The van der Waals surface area contributed by atoms with Crippen molar-refractivity contribution in [3.8, 4) is 5.75 Å². The van der Waals surface area contributed by atoms with E-state index in [-0.39, 0.29) is 29.5 Å². The van der Waals surface area contributed by atoms with Gasteiger partial charge in [0.25, 0.3) is 5.91 Å². The van der Waals surface area contributed by atoms with Crippen LogP contribution < -0.4 is 16.2 Å². The van der Waals surface area contributed by atoms with Crippen molar-refractivity contribution >= 4 is 17.5 Å². The number of hydrazine groups is 1. The van der Waals surface area contributed by atoms with Gasteiger partial charge in [0.05, 0.1) is 0 Å². The maximum atomic E-state index is 12.7. The molecule has 4 rings (SSSR count). The molecule has 6 nitrogen and oxygen atoms in total. The Kier molecular flexibility index (Phi) is 5.53. The summed E-state index contributed by atoms with van der Waals surface area (Å²) in [5.41, 5.74) is 8.91. The molecule has 152 valence electrons. The van der Waals surface area contributed by atoms with Gasteiger partial charge in [0, 0.05) is 28.8 Å². The minimum Gasteiger partial charge on any atom is -0.508 e. The van der Waals surface area contributed by atoms with Crippen LogP contribution in [0.25, 0.3) is 0 Å². The van der Waals surface area contributed by atoms with Crippen molar-refractivity contribution in [3.63, 3.8) is 0 Å². The first kappa shape index (κ1) is 19.5. The second-order valence-corrected chi connectivity index (χ2v) is 8.10. The van der Waals surface area contributed by atoms with E-state index in [1.807, 2.05) is 18.2 Å². The van der Waals surface area contributed by atoms with Crippen LogP contribution in [0.3, 0.4) is 0 Å². The lowest BCUT2D eigenvalue weighted by Gasteiger charge is -2.41. The molecule has 2 aromatic carbocycles. The molecule has 1 aliphatic carbocycles. The Morgan fingerprint density at radius 2 is 1.97 bits per heavy atom. The van der Waals surface area contributed by atoms with Crippen LogP contribution in [0.2, 0.25) is 0 Å². The van der Waals surface area contributed by atoms with Crippen molar-refractivity contribution < 1.29 is 14.7 Å². The first-order valence-electron chi connectivity index (χ1n) is 10.3. The highest BCUT2D eigenvalue weighted by Crippen LogP contribution is 2.35. The van der Waals surface area contributed by atoms with Crippen LogP contribution in [0, 0.1) is 18.8 Å². The topological polar surface area (TPSA) is 90.5 Å². The summed E-state index contributed by atoms with van der Waals surface area (Å²) in [4.78, 5) is 24.9. The highest BCUT2D eigenvalue weighted by Gasteiger charge is 2.39. The Morgan fingerprint density at radius 3 is 2.83 bits per heavy atom. The minimum absolute atomic E-state index is 0.0928. The molecule has 2 fully saturated rings. The number of benzene rings is 2. The van der Waals surface area contributed by atoms with E-state index in [4.69, 9.17) is 0 Å². The van der Waals surface area contributed by atoms with Crippen molar-refractivity contribution in [3.05, 3.63) is 59.2 Å². The lowest BCUT2D eigenvalue weighted by atomic mass is 9.72. The number of anilines is 1. The third-order valence-corrected chi connectivity index (χ3v) is 6.25. The fourth-order valence-corrected chi connectivity index (χ4v) is 4.58. The second kappa shape index (κ2) is 8.25. The zero-order valence-electron chi connectivity index (χ0n) is 16.6. The predicted octanol–water partition coefficient (Wildman–Crippen LogP) is 3.30. The van der Waals surface area contributed by atoms with Gasteiger partial charge in [-0.25, -0.2) is 5.43 Å². The highest BCUT2D eigenvalue weighted by molar-refractivity contribution is 6.04. The molecule has 1 saturated heterocycles. The number of fused-ring (bicyclic) bond motifs is 1. The number of aromatic hydroxyl groups is 1. The molecule has 1 saturated carbocycles. The van der Waals surface area contributed by atoms with Crippen molar-refractivity contribution in [1.82, 2.24) is 10.9 Å². The van der Waals surface area contributed by atoms with Crippen LogP contribution in [0.1, 0.15) is 47.2 Å². The maximum Gasteiger partial charge on any atom is 0.255 e. The zero-order chi connectivity index (χ0) is 20.4. The molecule has 1 heterocycles. The lowest BCUT2D eigenvalue weighted by molar-refractivity contribution is -0.133. The van der Waals surface area contributed by atoms with E-state index in [9.17, 15) is 14.7 Å². The standard InChI is InChI=1S/C23H27N3O3/c1-14-19(10-5-11-21(14)27)24-22(28)16-7-4-6-15(12-16)13-20-17-8-2-3-9-18(17)23(29)26-25-20/h4-7,10-12,17-18,20,25,27H,2-3,8-9,13H2,1H3,(H,24,28)(H,26,29). The first-order valence-corrected chi connectivity index (χ1v) is 10.3. The molecule has 1 aliphatic heterocycles. The molecule has 0 aromatic heterocycles. The van der Waals surface area contributed by atoms with Crippen LogP contribution in [0.4, 0.5) is 5.69 Å². The Bertz CT molecular complexity index is 927. The van der Waals surface area contributed by atoms with Crippen LogP contribution in [-0.2, 0) is 11.2 Å². The molecule has 2 aliphatic rings. The van der Waals surface area contributed by atoms with Crippen molar-refractivity contribution in [1.29, 1.82) is 0 Å². The van der Waals surface area contributed by atoms with Gasteiger partial charge < -0.3 is 10.4 Å². The number of carbonyl (C=O) groups is 2. The van der Waals surface area contributed by atoms with Crippen LogP contribution in [0.5, 0.6) is 5.75 Å². The number of hydrogen-bond acceptors (Lipinski definition) is 4. The average molecular weight is 393 g/mol. The van der Waals surface area contributed by atoms with Crippen LogP contribution >= 0.6 is 0 Å². The molecule has 2 aromatic rings. The minimum atomic E-state index is -0.207. The summed E-state index contributed by atoms with van der Waals surface area (Å²) in [6.07, 6.45) is 5.06. The summed E-state index contributed by atoms with van der Waals surface area (Å²) in [6, 6.07) is 12.8. The number of carbonyl (C=O) groups excluding carboxylic acids is 2. The average Bonchev–Trinajstić information content (AvgIpc) is 2.74. The fraction of sp³-hybridized carbons (Fsp3) is 0.391. The van der Waals surface area contributed by atoms with Gasteiger partial charge >= 0.3 is 0 Å². The summed E-state index contributed by atoms with van der Waals surface area (Å²) >= 11 is 0. The van der Waals surface area contributed by atoms with Crippen molar-refractivity contribution in [2.45, 2.75) is 45.1 Å². The van der Waals surface area contributed by atoms with Crippen molar-refractivity contribution in [2.75, 3.05) is 5.32 Å². The summed E-state index contributed by atoms with van der Waals surface area (Å²) in [5, 5.41) is 12.7. The summed E-state index contributed by atoms with van der Waals surface area (Å²) < 4.78 is 0. The van der Waals surface area contributed by atoms with E-state index in [1.54, 1.807) is 31.2 Å². The molecule has 0 radical (unpaired) electrons. The normalized spacial score (nSPS) is 23.8. The maximum absolute atomic E-state index is 12.7. The van der Waals surface area contributed by atoms with Gasteiger partial charge in [-0.05, 0) is 61.9 Å². The predicted molar refractivity (Wildman–Crippen MR) is 111 cm³/mol. The summed E-state index contributed by atoms with van der Waals surface area (Å²) in [6.45, 7) is 1.77. The Balaban J connectivity index is 1.48. The summed E-state index contributed by atoms with van der Waals surface area (Å²) in [5.74, 6) is 0.491. The smallest absolute Gasteiger partial charge is 0.255 e. The Hall–Kier alpha value is -2.86. The molecule has 4 N–H and O–H groups in total. The van der Waals surface area contributed by atoms with E-state index in [0.717, 1.165) is 31.2 Å². The molecule has 2 amide bonds. The largest absolute Gasteiger partial charge is 0.508 e. The van der Waals surface area contributed by atoms with E-state index in [0.29, 0.717) is 22.7 Å². The first-order chi connectivity index (χ1) is 14.0. The number of phenolic OH excluding ortho intramolecular Hbond substituents is 1. The number of amides is 2. The molecular formula is C23H27N3O3.